The summed E-state index contributed by atoms with van der Waals surface area (Å²) in [6, 6.07) is -0.914. The summed E-state index contributed by atoms with van der Waals surface area (Å²) in [6.45, 7) is 2.84. The van der Waals surface area contributed by atoms with Crippen molar-refractivity contribution in [3.05, 3.63) is 36.5 Å². The first-order valence-electron chi connectivity index (χ1n) is 36.7. The highest BCUT2D eigenvalue weighted by molar-refractivity contribution is 5.76. The van der Waals surface area contributed by atoms with E-state index in [1.807, 2.05) is 6.08 Å². The average Bonchev–Trinajstić information content (AvgIpc) is 2.33. The van der Waals surface area contributed by atoms with Crippen molar-refractivity contribution >= 4 is 5.91 Å². The summed E-state index contributed by atoms with van der Waals surface area (Å²) in [5, 5.41) is 87.5. The summed E-state index contributed by atoms with van der Waals surface area (Å²) in [6.07, 6.45) is 57.7. The topological polar surface area (TPSA) is 228 Å². The third-order valence-corrected chi connectivity index (χ3v) is 18.1. The molecule has 12 atom stereocenters. The number of allylic oxidation sites excluding steroid dienone is 5. The number of carbonyl (C=O) groups is 1. The van der Waals surface area contributed by atoms with Crippen molar-refractivity contribution in [2.75, 3.05) is 19.8 Å². The Kier molecular flexibility index (Phi) is 54.3. The highest BCUT2D eigenvalue weighted by atomic mass is 16.7. The zero-order valence-corrected chi connectivity index (χ0v) is 55.8. The van der Waals surface area contributed by atoms with Gasteiger partial charge in [-0.15, -0.1) is 0 Å². The molecule has 0 spiro atoms. The molecule has 0 aromatic heterocycles. The predicted molar refractivity (Wildman–Crippen MR) is 355 cm³/mol. The second-order valence-corrected chi connectivity index (χ2v) is 26.1. The predicted octanol–water partition coefficient (Wildman–Crippen LogP) is 15.3. The van der Waals surface area contributed by atoms with Crippen molar-refractivity contribution in [3.63, 3.8) is 0 Å². The van der Waals surface area contributed by atoms with Crippen molar-refractivity contribution in [1.82, 2.24) is 5.32 Å². The van der Waals surface area contributed by atoms with Crippen molar-refractivity contribution < 1.29 is 64.6 Å². The summed E-state index contributed by atoms with van der Waals surface area (Å²) < 4.78 is 22.9. The van der Waals surface area contributed by atoms with E-state index in [1.165, 1.54) is 257 Å². The molecule has 0 radical (unpaired) electrons. The monoisotopic (exact) mass is 1240 g/mol. The number of rotatable bonds is 61. The molecule has 512 valence electrons. The van der Waals surface area contributed by atoms with Crippen LogP contribution in [0.2, 0.25) is 0 Å². The second kappa shape index (κ2) is 58.1. The molecule has 14 heteroatoms. The lowest BCUT2D eigenvalue weighted by Gasteiger charge is -2.46. The fourth-order valence-electron chi connectivity index (χ4n) is 12.2. The van der Waals surface area contributed by atoms with E-state index in [9.17, 15) is 45.6 Å². The van der Waals surface area contributed by atoms with E-state index in [0.717, 1.165) is 44.9 Å². The maximum absolute atomic E-state index is 13.3. The summed E-state index contributed by atoms with van der Waals surface area (Å²) >= 11 is 0. The summed E-state index contributed by atoms with van der Waals surface area (Å²) in [5.74, 6) is -0.233. The van der Waals surface area contributed by atoms with Gasteiger partial charge in [0, 0.05) is 6.42 Å². The quantitative estimate of drug-likeness (QED) is 0.0204. The summed E-state index contributed by atoms with van der Waals surface area (Å²) in [7, 11) is 0. The lowest BCUT2D eigenvalue weighted by molar-refractivity contribution is -0.359. The second-order valence-electron chi connectivity index (χ2n) is 26.1. The van der Waals surface area contributed by atoms with Gasteiger partial charge in [0.15, 0.2) is 12.6 Å². The normalized spacial score (nSPS) is 23.4. The van der Waals surface area contributed by atoms with Gasteiger partial charge < -0.3 is 65.1 Å². The zero-order chi connectivity index (χ0) is 63.1. The number of nitrogens with one attached hydrogen (secondary N) is 1. The van der Waals surface area contributed by atoms with Crippen molar-refractivity contribution in [3.8, 4) is 0 Å². The SMILES string of the molecule is CCCCCCC/C=C\C/C=C\CCCCCCCCCCCCCCCCCCCCCC(=O)NC(COC1OC(CO)C(OC2OC(CO)C(O)C(O)C2O)C(O)C1O)C(O)/C=C/CCCCCCCCCCCCCCCCCCCCCC. The minimum absolute atomic E-state index is 0.233. The van der Waals surface area contributed by atoms with Gasteiger partial charge in [-0.2, -0.15) is 0 Å². The molecule has 9 N–H and O–H groups in total. The van der Waals surface area contributed by atoms with E-state index in [-0.39, 0.29) is 18.9 Å². The number of aliphatic hydroxyl groups is 8. The number of carbonyl (C=O) groups excluding carboxylic acids is 1. The minimum atomic E-state index is -1.79. The molecule has 12 unspecified atom stereocenters. The summed E-state index contributed by atoms with van der Waals surface area (Å²) in [4.78, 5) is 13.3. The van der Waals surface area contributed by atoms with Gasteiger partial charge in [0.05, 0.1) is 32.0 Å². The van der Waals surface area contributed by atoms with Crippen LogP contribution in [0, 0.1) is 0 Å². The highest BCUT2D eigenvalue weighted by Gasteiger charge is 2.51. The van der Waals surface area contributed by atoms with Crippen molar-refractivity contribution in [2.24, 2.45) is 0 Å². The molecule has 2 aliphatic rings. The van der Waals surface area contributed by atoms with Crippen LogP contribution < -0.4 is 5.32 Å². The minimum Gasteiger partial charge on any atom is -0.394 e. The molecule has 1 amide bonds. The van der Waals surface area contributed by atoms with Crippen LogP contribution in [0.3, 0.4) is 0 Å². The van der Waals surface area contributed by atoms with Crippen LogP contribution in [0.5, 0.6) is 0 Å². The number of hydrogen-bond acceptors (Lipinski definition) is 13. The van der Waals surface area contributed by atoms with Gasteiger partial charge in [-0.05, 0) is 51.4 Å². The smallest absolute Gasteiger partial charge is 0.220 e. The molecule has 2 saturated heterocycles. The van der Waals surface area contributed by atoms with Gasteiger partial charge in [0.2, 0.25) is 5.91 Å². The molecule has 2 aliphatic heterocycles. The average molecular weight is 1240 g/mol. The lowest BCUT2D eigenvalue weighted by Crippen LogP contribution is -2.65. The van der Waals surface area contributed by atoms with Gasteiger partial charge in [-0.1, -0.05) is 307 Å². The van der Waals surface area contributed by atoms with Crippen LogP contribution in [0.15, 0.2) is 36.5 Å². The van der Waals surface area contributed by atoms with Crippen LogP contribution in [0.4, 0.5) is 0 Å². The van der Waals surface area contributed by atoms with Gasteiger partial charge in [-0.25, -0.2) is 0 Å². The van der Waals surface area contributed by atoms with Gasteiger partial charge in [-0.3, -0.25) is 4.79 Å². The molecular weight excluding hydrogens is 1100 g/mol. The molecule has 0 bridgehead atoms. The van der Waals surface area contributed by atoms with Gasteiger partial charge in [0.1, 0.15) is 48.8 Å². The van der Waals surface area contributed by atoms with E-state index in [4.69, 9.17) is 18.9 Å². The van der Waals surface area contributed by atoms with E-state index < -0.39 is 86.8 Å². The van der Waals surface area contributed by atoms with E-state index in [0.29, 0.717) is 6.42 Å². The number of aliphatic hydroxyl groups excluding tert-OH is 8. The van der Waals surface area contributed by atoms with Crippen LogP contribution in [-0.4, -0.2) is 140 Å². The van der Waals surface area contributed by atoms with Crippen LogP contribution >= 0.6 is 0 Å². The van der Waals surface area contributed by atoms with Crippen molar-refractivity contribution in [1.29, 1.82) is 0 Å². The zero-order valence-electron chi connectivity index (χ0n) is 55.8. The Labute approximate surface area is 531 Å². The first-order valence-corrected chi connectivity index (χ1v) is 36.7. The molecule has 0 saturated carbocycles. The Hall–Kier alpha value is -1.79. The Balaban J connectivity index is 1.65. The molecule has 14 nitrogen and oxygen atoms in total. The molecule has 0 aromatic rings. The molecule has 0 aliphatic carbocycles. The van der Waals surface area contributed by atoms with Gasteiger partial charge in [0.25, 0.3) is 0 Å². The van der Waals surface area contributed by atoms with E-state index >= 15 is 0 Å². The first kappa shape index (κ1) is 81.3. The highest BCUT2D eigenvalue weighted by Crippen LogP contribution is 2.30. The number of hydrogen-bond donors (Lipinski definition) is 9. The lowest BCUT2D eigenvalue weighted by atomic mass is 9.97. The third-order valence-electron chi connectivity index (χ3n) is 18.1. The number of amides is 1. The summed E-state index contributed by atoms with van der Waals surface area (Å²) in [5.41, 5.74) is 0. The Morgan fingerprint density at radius 3 is 1.15 bits per heavy atom. The fraction of sp³-hybridized carbons (Fsp3) is 0.904. The molecule has 2 rings (SSSR count). The molecular formula is C73H137NO13. The molecule has 0 aromatic carbocycles. The Morgan fingerprint density at radius 2 is 0.759 bits per heavy atom. The van der Waals surface area contributed by atoms with E-state index in [1.54, 1.807) is 6.08 Å². The van der Waals surface area contributed by atoms with Crippen molar-refractivity contribution in [2.45, 2.75) is 402 Å². The van der Waals surface area contributed by atoms with E-state index in [2.05, 4.69) is 43.5 Å². The standard InChI is InChI=1S/C73H137NO13/c1-3-5-7-9-11-13-15-17-19-21-23-25-27-28-29-30-31-32-33-34-35-37-39-41-43-45-47-49-51-53-55-57-65(78)74-61(60-84-72-70(83)68(81)71(64(59-76)86-72)87-73-69(82)67(80)66(79)63(58-75)85-73)62(77)56-54-52-50-48-46-44-42-40-38-36-26-24-22-20-18-16-14-12-10-8-6-4-2/h15,17,21,23,54,56,61-64,66-73,75-77,79-83H,3-14,16,18-20,22,24-53,55,57-60H2,1-2H3,(H,74,78)/b17-15-,23-21-,56-54+. The largest absolute Gasteiger partial charge is 0.394 e. The maximum Gasteiger partial charge on any atom is 0.220 e. The Bertz CT molecular complexity index is 1600. The van der Waals surface area contributed by atoms with Crippen LogP contribution in [0.25, 0.3) is 0 Å². The number of unbranched alkanes of at least 4 members (excludes halogenated alkanes) is 44. The van der Waals surface area contributed by atoms with Crippen LogP contribution in [-0.2, 0) is 23.7 Å². The fourth-order valence-corrected chi connectivity index (χ4v) is 12.2. The third kappa shape index (κ3) is 42.1. The van der Waals surface area contributed by atoms with Crippen LogP contribution in [0.1, 0.15) is 328 Å². The molecule has 87 heavy (non-hydrogen) atoms. The maximum atomic E-state index is 13.3. The molecule has 2 heterocycles. The Morgan fingerprint density at radius 1 is 0.414 bits per heavy atom. The number of ether oxygens (including phenoxy) is 4. The first-order chi connectivity index (χ1) is 42.6. The van der Waals surface area contributed by atoms with Gasteiger partial charge >= 0.3 is 0 Å². The molecule has 2 fully saturated rings.